The van der Waals surface area contributed by atoms with Crippen molar-refractivity contribution < 1.29 is 5.11 Å². The number of nitrogens with zero attached hydrogens (tertiary/aromatic N) is 3. The first-order valence-electron chi connectivity index (χ1n) is 10.7. The number of aromatic hydroxyl groups is 1. The molecule has 6 heteroatoms. The number of imidazole rings is 1. The predicted octanol–water partition coefficient (Wildman–Crippen LogP) is 7.90. The van der Waals surface area contributed by atoms with Crippen LogP contribution in [-0.2, 0) is 0 Å². The molecule has 6 rings (SSSR count). The molecule has 0 aliphatic carbocycles. The molecule has 164 valence electrons. The molecule has 0 fully saturated rings. The summed E-state index contributed by atoms with van der Waals surface area (Å²) in [7, 11) is 0. The molecule has 0 aliphatic heterocycles. The first-order chi connectivity index (χ1) is 16.6. The fraction of sp³-hybridized carbons (Fsp3) is 0. The van der Waals surface area contributed by atoms with Gasteiger partial charge in [-0.3, -0.25) is 4.40 Å². The van der Waals surface area contributed by atoms with Crippen molar-refractivity contribution in [3.05, 3.63) is 107 Å². The Hall–Kier alpha value is -3.86. The van der Waals surface area contributed by atoms with Gasteiger partial charge in [0.15, 0.2) is 0 Å². The second-order valence-electron chi connectivity index (χ2n) is 7.97. The van der Waals surface area contributed by atoms with Crippen molar-refractivity contribution in [1.82, 2.24) is 14.4 Å². The Balaban J connectivity index is 1.83. The average Bonchev–Trinajstić information content (AvgIpc) is 3.27. The van der Waals surface area contributed by atoms with Gasteiger partial charge in [-0.05, 0) is 36.4 Å². The normalized spacial score (nSPS) is 11.4. The average molecular weight is 482 g/mol. The number of hydrogen-bond acceptors (Lipinski definition) is 3. The molecule has 2 aromatic heterocycles. The van der Waals surface area contributed by atoms with E-state index in [9.17, 15) is 5.11 Å². The monoisotopic (exact) mass is 481 g/mol. The van der Waals surface area contributed by atoms with E-state index in [1.54, 1.807) is 24.3 Å². The number of rotatable bonds is 3. The minimum absolute atomic E-state index is 0.156. The highest BCUT2D eigenvalue weighted by Crippen LogP contribution is 2.39. The van der Waals surface area contributed by atoms with Gasteiger partial charge in [-0.2, -0.15) is 0 Å². The summed E-state index contributed by atoms with van der Waals surface area (Å²) in [5, 5.41) is 11.9. The van der Waals surface area contributed by atoms with Crippen LogP contribution in [0.25, 0.3) is 50.5 Å². The van der Waals surface area contributed by atoms with E-state index < -0.39 is 0 Å². The Morgan fingerprint density at radius 2 is 1.35 bits per heavy atom. The largest absolute Gasteiger partial charge is 0.508 e. The van der Waals surface area contributed by atoms with E-state index in [0.29, 0.717) is 21.5 Å². The molecule has 34 heavy (non-hydrogen) atoms. The van der Waals surface area contributed by atoms with Crippen LogP contribution in [0.5, 0.6) is 5.75 Å². The Kier molecular flexibility index (Phi) is 4.98. The van der Waals surface area contributed by atoms with Crippen LogP contribution in [0.15, 0.2) is 97.1 Å². The van der Waals surface area contributed by atoms with Gasteiger partial charge in [0.05, 0.1) is 26.9 Å². The fourth-order valence-electron chi connectivity index (χ4n) is 4.26. The lowest BCUT2D eigenvalue weighted by atomic mass is 10.0. The standard InChI is InChI=1S/C28H17Cl2N3O/c29-22-13-11-19(15-23(22)30)27-31-24-14-12-20(34)16-21(24)28-32-25(17-7-3-1-4-8-17)26(33(27)28)18-9-5-2-6-10-18/h1-16,34H. The summed E-state index contributed by atoms with van der Waals surface area (Å²) in [4.78, 5) is 10.1. The quantitative estimate of drug-likeness (QED) is 0.279. The molecule has 0 saturated heterocycles. The third-order valence-electron chi connectivity index (χ3n) is 5.81. The molecule has 0 bridgehead atoms. The van der Waals surface area contributed by atoms with Gasteiger partial charge in [0, 0.05) is 22.1 Å². The summed E-state index contributed by atoms with van der Waals surface area (Å²) in [5.74, 6) is 0.837. The number of hydrogen-bond donors (Lipinski definition) is 1. The lowest BCUT2D eigenvalue weighted by Crippen LogP contribution is -2.00. The molecule has 0 amide bonds. The van der Waals surface area contributed by atoms with E-state index in [0.717, 1.165) is 39.0 Å². The molecule has 0 radical (unpaired) electrons. The van der Waals surface area contributed by atoms with Crippen molar-refractivity contribution in [3.8, 4) is 39.7 Å². The molecular weight excluding hydrogens is 465 g/mol. The molecule has 6 aromatic rings. The Bertz CT molecular complexity index is 1680. The Morgan fingerprint density at radius 1 is 0.647 bits per heavy atom. The number of halogens is 2. The van der Waals surface area contributed by atoms with Crippen molar-refractivity contribution in [3.63, 3.8) is 0 Å². The SMILES string of the molecule is Oc1ccc2nc(-c3ccc(Cl)c(Cl)c3)n3c(-c4ccccc4)c(-c4ccccc4)nc3c2c1. The summed E-state index contributed by atoms with van der Waals surface area (Å²) in [6, 6.07) is 30.8. The maximum absolute atomic E-state index is 10.3. The van der Waals surface area contributed by atoms with E-state index in [2.05, 4.69) is 12.1 Å². The Morgan fingerprint density at radius 3 is 2.06 bits per heavy atom. The van der Waals surface area contributed by atoms with Crippen LogP contribution in [0.2, 0.25) is 10.0 Å². The van der Waals surface area contributed by atoms with Crippen LogP contribution in [0.1, 0.15) is 0 Å². The third kappa shape index (κ3) is 3.39. The van der Waals surface area contributed by atoms with Crippen LogP contribution in [0, 0.1) is 0 Å². The summed E-state index contributed by atoms with van der Waals surface area (Å²) >= 11 is 12.6. The van der Waals surface area contributed by atoms with Gasteiger partial charge in [-0.15, -0.1) is 0 Å². The smallest absolute Gasteiger partial charge is 0.149 e. The van der Waals surface area contributed by atoms with E-state index in [4.69, 9.17) is 33.2 Å². The molecule has 0 saturated carbocycles. The van der Waals surface area contributed by atoms with E-state index >= 15 is 0 Å². The number of benzene rings is 4. The highest BCUT2D eigenvalue weighted by molar-refractivity contribution is 6.42. The van der Waals surface area contributed by atoms with Crippen molar-refractivity contribution in [2.24, 2.45) is 0 Å². The van der Waals surface area contributed by atoms with Gasteiger partial charge >= 0.3 is 0 Å². The fourth-order valence-corrected chi connectivity index (χ4v) is 4.56. The topological polar surface area (TPSA) is 50.4 Å². The number of fused-ring (bicyclic) bond motifs is 3. The highest BCUT2D eigenvalue weighted by Gasteiger charge is 2.22. The van der Waals surface area contributed by atoms with Crippen LogP contribution in [0.4, 0.5) is 0 Å². The summed E-state index contributed by atoms with van der Waals surface area (Å²) < 4.78 is 2.04. The molecular formula is C28H17Cl2N3O. The lowest BCUT2D eigenvalue weighted by molar-refractivity contribution is 0.476. The maximum atomic E-state index is 10.3. The van der Waals surface area contributed by atoms with Crippen molar-refractivity contribution >= 4 is 39.8 Å². The predicted molar refractivity (Wildman–Crippen MR) is 138 cm³/mol. The first-order valence-corrected chi connectivity index (χ1v) is 11.5. The molecule has 2 heterocycles. The zero-order chi connectivity index (χ0) is 23.2. The minimum Gasteiger partial charge on any atom is -0.508 e. The zero-order valence-corrected chi connectivity index (χ0v) is 19.3. The van der Waals surface area contributed by atoms with E-state index in [1.165, 1.54) is 0 Å². The first kappa shape index (κ1) is 20.7. The summed E-state index contributed by atoms with van der Waals surface area (Å²) in [5.41, 5.74) is 5.93. The number of phenols is 1. The van der Waals surface area contributed by atoms with Crippen LogP contribution in [-0.4, -0.2) is 19.5 Å². The van der Waals surface area contributed by atoms with Gasteiger partial charge in [-0.25, -0.2) is 9.97 Å². The van der Waals surface area contributed by atoms with Gasteiger partial charge < -0.3 is 5.11 Å². The van der Waals surface area contributed by atoms with E-state index in [1.807, 2.05) is 65.1 Å². The van der Waals surface area contributed by atoms with Crippen LogP contribution in [0.3, 0.4) is 0 Å². The number of phenolic OH excluding ortho intramolecular Hbond substituents is 1. The summed E-state index contributed by atoms with van der Waals surface area (Å²) in [6.45, 7) is 0. The van der Waals surface area contributed by atoms with Gasteiger partial charge in [0.1, 0.15) is 17.2 Å². The summed E-state index contributed by atoms with van der Waals surface area (Å²) in [6.07, 6.45) is 0. The number of aromatic nitrogens is 3. The second kappa shape index (κ2) is 8.17. The maximum Gasteiger partial charge on any atom is 0.149 e. The third-order valence-corrected chi connectivity index (χ3v) is 6.55. The van der Waals surface area contributed by atoms with Gasteiger partial charge in [-0.1, -0.05) is 83.9 Å². The van der Waals surface area contributed by atoms with Crippen molar-refractivity contribution in [2.75, 3.05) is 0 Å². The molecule has 0 aliphatic rings. The van der Waals surface area contributed by atoms with Crippen LogP contribution < -0.4 is 0 Å². The molecule has 1 N–H and O–H groups in total. The zero-order valence-electron chi connectivity index (χ0n) is 17.8. The Labute approximate surface area is 205 Å². The van der Waals surface area contributed by atoms with Crippen LogP contribution >= 0.6 is 23.2 Å². The van der Waals surface area contributed by atoms with Gasteiger partial charge in [0.25, 0.3) is 0 Å². The molecule has 4 aromatic carbocycles. The molecule has 0 atom stereocenters. The molecule has 4 nitrogen and oxygen atoms in total. The second-order valence-corrected chi connectivity index (χ2v) is 8.78. The molecule has 0 spiro atoms. The highest BCUT2D eigenvalue weighted by atomic mass is 35.5. The minimum atomic E-state index is 0.156. The van der Waals surface area contributed by atoms with Gasteiger partial charge in [0.2, 0.25) is 0 Å². The molecule has 0 unspecified atom stereocenters. The lowest BCUT2D eigenvalue weighted by Gasteiger charge is -2.13. The van der Waals surface area contributed by atoms with E-state index in [-0.39, 0.29) is 5.75 Å². The van der Waals surface area contributed by atoms with Crippen molar-refractivity contribution in [2.45, 2.75) is 0 Å². The van der Waals surface area contributed by atoms with Crippen molar-refractivity contribution in [1.29, 1.82) is 0 Å².